The van der Waals surface area contributed by atoms with Crippen LogP contribution in [0.3, 0.4) is 0 Å². The molecular weight excluding hydrogens is 917 g/mol. The molecule has 4 heterocycles. The summed E-state index contributed by atoms with van der Waals surface area (Å²) in [6.45, 7) is 17.3. The van der Waals surface area contributed by atoms with Crippen molar-refractivity contribution in [2.45, 2.75) is 79.1 Å². The van der Waals surface area contributed by atoms with Gasteiger partial charge in [0, 0.05) is 35.4 Å². The van der Waals surface area contributed by atoms with Gasteiger partial charge in [-0.25, -0.2) is 15.0 Å². The quantitative estimate of drug-likeness (QED) is 0.0942. The Kier molecular flexibility index (Phi) is 13.6. The summed E-state index contributed by atoms with van der Waals surface area (Å²) in [7, 11) is 0. The SMILES string of the molecule is CC(C)c1ccnc(-c2[c-]c(Oc3[c-]c4c(cc3)c3ccc(Oc5[c-]c(-c6cc(C(C)C)ccn6)ccc5C(C)C)[c-]c3n4-c3ncncn3)c(C(C)C)cc2)c1.[Pd+2].[Pd+2]. The van der Waals surface area contributed by atoms with E-state index in [4.69, 9.17) is 9.47 Å². The van der Waals surface area contributed by atoms with Crippen molar-refractivity contribution in [3.05, 3.63) is 144 Å². The largest absolute Gasteiger partial charge is 2.00 e. The Labute approximate surface area is 374 Å². The van der Waals surface area contributed by atoms with Crippen molar-refractivity contribution in [3.8, 4) is 51.5 Å². The first-order chi connectivity index (χ1) is 27.5. The van der Waals surface area contributed by atoms with Gasteiger partial charge in [0.2, 0.25) is 5.95 Å². The van der Waals surface area contributed by atoms with E-state index >= 15 is 0 Å². The van der Waals surface area contributed by atoms with Crippen LogP contribution in [-0.4, -0.2) is 29.5 Å². The zero-order chi connectivity index (χ0) is 39.8. The predicted octanol–water partition coefficient (Wildman–Crippen LogP) is 12.4. The van der Waals surface area contributed by atoms with Crippen molar-refractivity contribution in [1.29, 1.82) is 0 Å². The number of fused-ring (bicyclic) bond motifs is 3. The van der Waals surface area contributed by atoms with E-state index in [0.717, 1.165) is 55.4 Å². The number of aromatic nitrogens is 6. The van der Waals surface area contributed by atoms with Crippen LogP contribution >= 0.6 is 0 Å². The summed E-state index contributed by atoms with van der Waals surface area (Å²) in [5.74, 6) is 3.90. The van der Waals surface area contributed by atoms with Crippen LogP contribution in [0.2, 0.25) is 0 Å². The van der Waals surface area contributed by atoms with Gasteiger partial charge >= 0.3 is 40.8 Å². The normalized spacial score (nSPS) is 11.4. The molecule has 0 unspecified atom stereocenters. The number of nitrogens with zero attached hydrogens (tertiary/aromatic N) is 6. The second kappa shape index (κ2) is 18.5. The maximum Gasteiger partial charge on any atom is 2.00 e. The molecule has 4 aromatic heterocycles. The third-order valence-corrected chi connectivity index (χ3v) is 10.2. The molecule has 0 aliphatic heterocycles. The maximum absolute atomic E-state index is 6.66. The molecule has 0 saturated heterocycles. The summed E-state index contributed by atoms with van der Waals surface area (Å²) in [6, 6.07) is 38.8. The summed E-state index contributed by atoms with van der Waals surface area (Å²) in [4.78, 5) is 22.5. The number of hydrogen-bond donors (Lipinski definition) is 0. The molecule has 8 nitrogen and oxygen atoms in total. The molecule has 0 amide bonds. The standard InChI is InChI=1S/C49H44N6O2.2Pd/c1-29(2)33-17-19-51-43(21-33)35-9-13-39(31(5)6)47(23-35)56-37-11-15-41-42-16-12-38(26-46(42)55(45(41)25-37)49-53-27-50-28-54-49)57-48-24-36(10-14-40(48)32(7)8)44-22-34(30(3)4)18-20-52-44;;/h9-22,27-32H,1-8H3;;/q-4;2*+2. The fraction of sp³-hybridized carbons (Fsp3) is 0.245. The fourth-order valence-corrected chi connectivity index (χ4v) is 6.97. The van der Waals surface area contributed by atoms with Crippen LogP contribution in [0.4, 0.5) is 0 Å². The van der Waals surface area contributed by atoms with Gasteiger partial charge in [-0.2, -0.15) is 22.9 Å². The van der Waals surface area contributed by atoms with Crippen molar-refractivity contribution >= 4 is 21.8 Å². The van der Waals surface area contributed by atoms with Crippen molar-refractivity contribution < 1.29 is 50.3 Å². The summed E-state index contributed by atoms with van der Waals surface area (Å²) in [6.07, 6.45) is 6.67. The first kappa shape index (κ1) is 43.5. The van der Waals surface area contributed by atoms with Gasteiger partial charge < -0.3 is 24.0 Å². The molecule has 8 aromatic rings. The zero-order valence-corrected chi connectivity index (χ0v) is 37.3. The Bertz CT molecular complexity index is 2560. The van der Waals surface area contributed by atoms with Gasteiger partial charge in [0.15, 0.2) is 0 Å². The third-order valence-electron chi connectivity index (χ3n) is 10.2. The predicted molar refractivity (Wildman–Crippen MR) is 225 cm³/mol. The Morgan fingerprint density at radius 1 is 0.492 bits per heavy atom. The number of hydrogen-bond acceptors (Lipinski definition) is 7. The first-order valence-electron chi connectivity index (χ1n) is 19.5. The molecule has 8 rings (SSSR count). The van der Waals surface area contributed by atoms with Crippen LogP contribution in [0, 0.1) is 24.3 Å². The smallest absolute Gasteiger partial charge is 0.503 e. The van der Waals surface area contributed by atoms with Crippen LogP contribution in [-0.2, 0) is 40.8 Å². The van der Waals surface area contributed by atoms with Gasteiger partial charge in [-0.15, -0.1) is 59.7 Å². The Hall–Kier alpha value is -5.09. The van der Waals surface area contributed by atoms with Gasteiger partial charge in [-0.3, -0.25) is 0 Å². The van der Waals surface area contributed by atoms with Gasteiger partial charge in [-0.1, -0.05) is 125 Å². The molecule has 0 aliphatic rings. The Morgan fingerprint density at radius 3 is 1.34 bits per heavy atom. The van der Waals surface area contributed by atoms with E-state index in [1.165, 1.54) is 23.8 Å². The Morgan fingerprint density at radius 2 is 0.932 bits per heavy atom. The molecule has 0 radical (unpaired) electrons. The number of ether oxygens (including phenoxy) is 2. The van der Waals surface area contributed by atoms with E-state index in [-0.39, 0.29) is 52.7 Å². The Balaban J connectivity index is 0.00000293. The third kappa shape index (κ3) is 9.08. The van der Waals surface area contributed by atoms with E-state index in [0.29, 0.717) is 40.8 Å². The summed E-state index contributed by atoms with van der Waals surface area (Å²) < 4.78 is 15.2. The minimum atomic E-state index is 0. The minimum absolute atomic E-state index is 0. The maximum atomic E-state index is 6.66. The molecule has 10 heteroatoms. The van der Waals surface area contributed by atoms with Crippen molar-refractivity contribution in [2.24, 2.45) is 0 Å². The molecule has 0 bridgehead atoms. The van der Waals surface area contributed by atoms with E-state index in [9.17, 15) is 0 Å². The average Bonchev–Trinajstić information content (AvgIpc) is 3.53. The van der Waals surface area contributed by atoms with E-state index in [1.807, 2.05) is 41.2 Å². The molecule has 0 N–H and O–H groups in total. The van der Waals surface area contributed by atoms with Crippen LogP contribution in [0.5, 0.6) is 23.0 Å². The molecule has 0 spiro atoms. The van der Waals surface area contributed by atoms with Crippen LogP contribution in [0.15, 0.2) is 97.8 Å². The number of rotatable bonds is 11. The topological polar surface area (TPSA) is 87.8 Å². The molecule has 0 atom stereocenters. The fourth-order valence-electron chi connectivity index (χ4n) is 6.97. The molecular formula is C49H44N6O2Pd2. The summed E-state index contributed by atoms with van der Waals surface area (Å²) in [5, 5.41) is 1.87. The van der Waals surface area contributed by atoms with Crippen molar-refractivity contribution in [1.82, 2.24) is 29.5 Å². The van der Waals surface area contributed by atoms with E-state index in [2.05, 4.69) is 153 Å². The van der Waals surface area contributed by atoms with Crippen LogP contribution < -0.4 is 9.47 Å². The van der Waals surface area contributed by atoms with Gasteiger partial charge in [-0.05, 0) is 35.4 Å². The molecule has 0 saturated carbocycles. The van der Waals surface area contributed by atoms with Crippen LogP contribution in [0.1, 0.15) is 101 Å². The van der Waals surface area contributed by atoms with Crippen molar-refractivity contribution in [3.63, 3.8) is 0 Å². The molecule has 302 valence electrons. The van der Waals surface area contributed by atoms with Crippen molar-refractivity contribution in [2.75, 3.05) is 0 Å². The van der Waals surface area contributed by atoms with E-state index in [1.54, 1.807) is 0 Å². The summed E-state index contributed by atoms with van der Waals surface area (Å²) >= 11 is 0. The zero-order valence-electron chi connectivity index (χ0n) is 34.2. The first-order valence-corrected chi connectivity index (χ1v) is 19.5. The number of benzene rings is 4. The second-order valence-corrected chi connectivity index (χ2v) is 15.5. The molecule has 0 fully saturated rings. The van der Waals surface area contributed by atoms with Gasteiger partial charge in [0.05, 0.1) is 0 Å². The van der Waals surface area contributed by atoms with E-state index < -0.39 is 0 Å². The monoisotopic (exact) mass is 960 g/mol. The second-order valence-electron chi connectivity index (χ2n) is 15.5. The van der Waals surface area contributed by atoms with Crippen LogP contribution in [0.25, 0.3) is 50.3 Å². The average molecular weight is 962 g/mol. The van der Waals surface area contributed by atoms with Gasteiger partial charge in [0.25, 0.3) is 0 Å². The summed E-state index contributed by atoms with van der Waals surface area (Å²) in [5.41, 5.74) is 9.39. The molecule has 59 heavy (non-hydrogen) atoms. The molecule has 0 aliphatic carbocycles. The minimum Gasteiger partial charge on any atom is -0.503 e. The van der Waals surface area contributed by atoms with Gasteiger partial charge in [0.1, 0.15) is 12.7 Å². The number of pyridine rings is 2. The molecule has 4 aromatic carbocycles.